The maximum absolute atomic E-state index is 12.9. The number of piperazine rings is 1. The Labute approximate surface area is 134 Å². The van der Waals surface area contributed by atoms with Crippen molar-refractivity contribution in [1.29, 1.82) is 0 Å². The first kappa shape index (κ1) is 15.1. The van der Waals surface area contributed by atoms with Gasteiger partial charge < -0.3 is 14.8 Å². The van der Waals surface area contributed by atoms with Crippen LogP contribution < -0.4 is 5.32 Å². The standard InChI is InChI=1S/C16H19ClN4O/c1-11-9-12(3-4-13(11)17)16(22)21-8-5-18-10-14(21)15-19-6-7-20(15)2/h3-4,6-7,9,14,18H,5,8,10H2,1-2H3. The number of amides is 1. The fraction of sp³-hybridized carbons (Fsp3) is 0.375. The van der Waals surface area contributed by atoms with E-state index in [0.29, 0.717) is 23.7 Å². The monoisotopic (exact) mass is 318 g/mol. The van der Waals surface area contributed by atoms with Gasteiger partial charge in [0.25, 0.3) is 5.91 Å². The van der Waals surface area contributed by atoms with E-state index in [1.54, 1.807) is 18.3 Å². The molecule has 6 heteroatoms. The van der Waals surface area contributed by atoms with Crippen molar-refractivity contribution in [3.63, 3.8) is 0 Å². The number of rotatable bonds is 2. The van der Waals surface area contributed by atoms with Crippen LogP contribution in [-0.4, -0.2) is 40.0 Å². The van der Waals surface area contributed by atoms with Crippen LogP contribution in [0.1, 0.15) is 27.8 Å². The molecular formula is C16H19ClN4O. The Kier molecular flexibility index (Phi) is 4.18. The lowest BCUT2D eigenvalue weighted by atomic mass is 10.1. The molecule has 1 aromatic heterocycles. The van der Waals surface area contributed by atoms with E-state index in [2.05, 4.69) is 10.3 Å². The van der Waals surface area contributed by atoms with Crippen molar-refractivity contribution in [2.45, 2.75) is 13.0 Å². The Morgan fingerprint density at radius 1 is 1.45 bits per heavy atom. The smallest absolute Gasteiger partial charge is 0.254 e. The molecule has 3 rings (SSSR count). The van der Waals surface area contributed by atoms with E-state index in [1.807, 2.05) is 35.7 Å². The molecule has 0 saturated carbocycles. The molecule has 5 nitrogen and oxygen atoms in total. The van der Waals surface area contributed by atoms with Crippen LogP contribution in [0.15, 0.2) is 30.6 Å². The van der Waals surface area contributed by atoms with Gasteiger partial charge in [0.05, 0.1) is 0 Å². The molecule has 0 spiro atoms. The predicted octanol–water partition coefficient (Wildman–Crippen LogP) is 2.17. The van der Waals surface area contributed by atoms with Crippen molar-refractivity contribution < 1.29 is 4.79 Å². The zero-order chi connectivity index (χ0) is 15.7. The molecule has 22 heavy (non-hydrogen) atoms. The van der Waals surface area contributed by atoms with Crippen LogP contribution in [0.2, 0.25) is 5.02 Å². The third-order valence-corrected chi connectivity index (χ3v) is 4.49. The van der Waals surface area contributed by atoms with Crippen LogP contribution in [-0.2, 0) is 7.05 Å². The number of benzene rings is 1. The molecule has 1 aromatic carbocycles. The van der Waals surface area contributed by atoms with Crippen LogP contribution in [0, 0.1) is 6.92 Å². The van der Waals surface area contributed by atoms with Gasteiger partial charge in [0.15, 0.2) is 0 Å². The third-order valence-electron chi connectivity index (χ3n) is 4.07. The number of aryl methyl sites for hydroxylation is 2. The van der Waals surface area contributed by atoms with Crippen LogP contribution in [0.5, 0.6) is 0 Å². The Morgan fingerprint density at radius 3 is 2.95 bits per heavy atom. The second kappa shape index (κ2) is 6.10. The van der Waals surface area contributed by atoms with E-state index >= 15 is 0 Å². The zero-order valence-corrected chi connectivity index (χ0v) is 13.5. The minimum atomic E-state index is -0.0581. The maximum atomic E-state index is 12.9. The van der Waals surface area contributed by atoms with Crippen molar-refractivity contribution in [3.05, 3.63) is 52.6 Å². The summed E-state index contributed by atoms with van der Waals surface area (Å²) in [7, 11) is 1.95. The number of imidazole rings is 1. The average Bonchev–Trinajstić information content (AvgIpc) is 2.95. The fourth-order valence-electron chi connectivity index (χ4n) is 2.82. The lowest BCUT2D eigenvalue weighted by Crippen LogP contribution is -2.49. The predicted molar refractivity (Wildman–Crippen MR) is 86.0 cm³/mol. The highest BCUT2D eigenvalue weighted by molar-refractivity contribution is 6.31. The van der Waals surface area contributed by atoms with E-state index in [4.69, 9.17) is 11.6 Å². The van der Waals surface area contributed by atoms with Crippen LogP contribution in [0.25, 0.3) is 0 Å². The van der Waals surface area contributed by atoms with Crippen molar-refractivity contribution >= 4 is 17.5 Å². The molecule has 2 aromatic rings. The highest BCUT2D eigenvalue weighted by Gasteiger charge is 2.31. The first-order valence-corrected chi connectivity index (χ1v) is 7.71. The van der Waals surface area contributed by atoms with Gasteiger partial charge in [-0.25, -0.2) is 4.98 Å². The highest BCUT2D eigenvalue weighted by atomic mass is 35.5. The molecule has 1 atom stereocenters. The molecule has 1 aliphatic rings. The first-order chi connectivity index (χ1) is 10.6. The minimum absolute atomic E-state index is 0.0225. The highest BCUT2D eigenvalue weighted by Crippen LogP contribution is 2.24. The molecule has 1 amide bonds. The quantitative estimate of drug-likeness (QED) is 0.923. The summed E-state index contributed by atoms with van der Waals surface area (Å²) in [5.41, 5.74) is 1.58. The summed E-state index contributed by atoms with van der Waals surface area (Å²) in [6.45, 7) is 4.08. The van der Waals surface area contributed by atoms with Crippen LogP contribution in [0.3, 0.4) is 0 Å². The van der Waals surface area contributed by atoms with Crippen LogP contribution >= 0.6 is 11.6 Å². The lowest BCUT2D eigenvalue weighted by Gasteiger charge is -2.35. The maximum Gasteiger partial charge on any atom is 0.254 e. The molecule has 1 saturated heterocycles. The minimum Gasteiger partial charge on any atom is -0.336 e. The van der Waals surface area contributed by atoms with Gasteiger partial charge >= 0.3 is 0 Å². The Hall–Kier alpha value is -1.85. The van der Waals surface area contributed by atoms with Gasteiger partial charge in [-0.2, -0.15) is 0 Å². The van der Waals surface area contributed by atoms with E-state index in [1.165, 1.54) is 0 Å². The molecule has 1 fully saturated rings. The Balaban J connectivity index is 1.91. The molecular weight excluding hydrogens is 300 g/mol. The number of aromatic nitrogens is 2. The van der Waals surface area contributed by atoms with E-state index < -0.39 is 0 Å². The van der Waals surface area contributed by atoms with Gasteiger partial charge in [0.2, 0.25) is 0 Å². The first-order valence-electron chi connectivity index (χ1n) is 7.33. The van der Waals surface area contributed by atoms with E-state index in [9.17, 15) is 4.79 Å². The van der Waals surface area contributed by atoms with E-state index in [0.717, 1.165) is 17.9 Å². The normalized spacial score (nSPS) is 18.5. The molecule has 0 aliphatic carbocycles. The summed E-state index contributed by atoms with van der Waals surface area (Å²) in [6.07, 6.45) is 3.66. The van der Waals surface area contributed by atoms with E-state index in [-0.39, 0.29) is 11.9 Å². The second-order valence-corrected chi connectivity index (χ2v) is 5.99. The summed E-state index contributed by atoms with van der Waals surface area (Å²) in [5.74, 6) is 0.917. The number of hydrogen-bond acceptors (Lipinski definition) is 3. The fourth-order valence-corrected chi connectivity index (χ4v) is 2.94. The van der Waals surface area contributed by atoms with Gasteiger partial charge in [-0.1, -0.05) is 11.6 Å². The third kappa shape index (κ3) is 2.74. The largest absolute Gasteiger partial charge is 0.336 e. The summed E-state index contributed by atoms with van der Waals surface area (Å²) in [5, 5.41) is 4.02. The number of halogens is 1. The van der Waals surface area contributed by atoms with Crippen molar-refractivity contribution in [2.24, 2.45) is 7.05 Å². The number of carbonyl (C=O) groups excluding carboxylic acids is 1. The topological polar surface area (TPSA) is 50.2 Å². The van der Waals surface area contributed by atoms with Gasteiger partial charge in [0, 0.05) is 49.7 Å². The van der Waals surface area contributed by atoms with Crippen molar-refractivity contribution in [2.75, 3.05) is 19.6 Å². The molecule has 2 heterocycles. The molecule has 1 aliphatic heterocycles. The number of nitrogens with one attached hydrogen (secondary N) is 1. The van der Waals surface area contributed by atoms with Gasteiger partial charge in [-0.05, 0) is 30.7 Å². The lowest BCUT2D eigenvalue weighted by molar-refractivity contribution is 0.0621. The molecule has 0 bridgehead atoms. The summed E-state index contributed by atoms with van der Waals surface area (Å²) >= 11 is 6.05. The number of nitrogens with zero attached hydrogens (tertiary/aromatic N) is 3. The summed E-state index contributed by atoms with van der Waals surface area (Å²) in [4.78, 5) is 19.2. The summed E-state index contributed by atoms with van der Waals surface area (Å²) in [6, 6.07) is 5.36. The molecule has 0 radical (unpaired) electrons. The Bertz CT molecular complexity index is 697. The van der Waals surface area contributed by atoms with Crippen molar-refractivity contribution in [3.8, 4) is 0 Å². The van der Waals surface area contributed by atoms with Gasteiger partial charge in [0.1, 0.15) is 11.9 Å². The van der Waals surface area contributed by atoms with Gasteiger partial charge in [-0.3, -0.25) is 4.79 Å². The number of carbonyl (C=O) groups is 1. The molecule has 1 unspecified atom stereocenters. The number of hydrogen-bond donors (Lipinski definition) is 1. The second-order valence-electron chi connectivity index (χ2n) is 5.58. The average molecular weight is 319 g/mol. The molecule has 1 N–H and O–H groups in total. The SMILES string of the molecule is Cc1cc(C(=O)N2CCNCC2c2nccn2C)ccc1Cl. The van der Waals surface area contributed by atoms with Gasteiger partial charge in [-0.15, -0.1) is 0 Å². The molecule has 116 valence electrons. The zero-order valence-electron chi connectivity index (χ0n) is 12.7. The Morgan fingerprint density at radius 2 is 2.27 bits per heavy atom. The van der Waals surface area contributed by atoms with Crippen LogP contribution in [0.4, 0.5) is 0 Å². The summed E-state index contributed by atoms with van der Waals surface area (Å²) < 4.78 is 1.96. The van der Waals surface area contributed by atoms with Crippen molar-refractivity contribution in [1.82, 2.24) is 19.8 Å².